The zero-order chi connectivity index (χ0) is 19.9. The van der Waals surface area contributed by atoms with E-state index < -0.39 is 0 Å². The highest BCUT2D eigenvalue weighted by atomic mass is 16.5. The van der Waals surface area contributed by atoms with Gasteiger partial charge in [0.15, 0.2) is 5.82 Å². The fraction of sp³-hybridized carbons (Fsp3) is 0.524. The highest BCUT2D eigenvalue weighted by molar-refractivity contribution is 5.76. The Hall–Kier alpha value is -2.70. The molecule has 3 rings (SSSR count). The molecule has 1 amide bonds. The van der Waals surface area contributed by atoms with E-state index in [4.69, 9.17) is 4.74 Å². The van der Waals surface area contributed by atoms with Crippen LogP contribution in [0.2, 0.25) is 0 Å². The maximum atomic E-state index is 12.3. The molecular weight excluding hydrogens is 356 g/mol. The fourth-order valence-corrected chi connectivity index (χ4v) is 2.94. The SMILES string of the molecule is CC[C@H](C)NC(=O)CCc1nnc(-c2cccc(OCC3CCC3)c2)[nH]c1=O. The van der Waals surface area contributed by atoms with E-state index in [0.29, 0.717) is 11.7 Å². The summed E-state index contributed by atoms with van der Waals surface area (Å²) in [6, 6.07) is 7.61. The standard InChI is InChI=1S/C21H28N4O3/c1-3-14(2)22-19(26)11-10-18-21(27)23-20(25-24-18)16-8-5-9-17(12-16)28-13-15-6-4-7-15/h5,8-9,12,14-15H,3-4,6-7,10-11,13H2,1-2H3,(H,22,26)(H,23,25,27)/t14-/m0/s1. The normalized spacial score (nSPS) is 14.9. The number of aryl methyl sites for hydroxylation is 1. The van der Waals surface area contributed by atoms with Gasteiger partial charge in [-0.2, -0.15) is 0 Å². The van der Waals surface area contributed by atoms with E-state index in [1.165, 1.54) is 19.3 Å². The van der Waals surface area contributed by atoms with Crippen LogP contribution < -0.4 is 15.6 Å². The van der Waals surface area contributed by atoms with Crippen molar-refractivity contribution in [2.75, 3.05) is 6.61 Å². The number of rotatable bonds is 9. The predicted molar refractivity (Wildman–Crippen MR) is 107 cm³/mol. The van der Waals surface area contributed by atoms with Gasteiger partial charge in [0.05, 0.1) is 6.61 Å². The number of ether oxygens (including phenoxy) is 1. The summed E-state index contributed by atoms with van der Waals surface area (Å²) in [5.74, 6) is 1.72. The van der Waals surface area contributed by atoms with E-state index in [9.17, 15) is 9.59 Å². The average Bonchev–Trinajstić information content (AvgIpc) is 2.66. The number of hydrogen-bond acceptors (Lipinski definition) is 5. The summed E-state index contributed by atoms with van der Waals surface area (Å²) in [6.07, 6.45) is 5.09. The van der Waals surface area contributed by atoms with Crippen molar-refractivity contribution in [2.45, 2.75) is 58.4 Å². The first-order valence-electron chi connectivity index (χ1n) is 10.0. The summed E-state index contributed by atoms with van der Waals surface area (Å²) in [5, 5.41) is 11.1. The van der Waals surface area contributed by atoms with Gasteiger partial charge < -0.3 is 15.0 Å². The van der Waals surface area contributed by atoms with Gasteiger partial charge in [-0.05, 0) is 44.2 Å². The van der Waals surface area contributed by atoms with Crippen molar-refractivity contribution in [1.29, 1.82) is 0 Å². The number of aromatic amines is 1. The molecule has 1 aromatic carbocycles. The third kappa shape index (κ3) is 5.41. The second kappa shape index (κ2) is 9.48. The van der Waals surface area contributed by atoms with Crippen LogP contribution in [0.1, 0.15) is 51.6 Å². The van der Waals surface area contributed by atoms with E-state index in [-0.39, 0.29) is 36.0 Å². The Bertz CT molecular complexity index is 861. The van der Waals surface area contributed by atoms with Crippen LogP contribution in [0.15, 0.2) is 29.1 Å². The Balaban J connectivity index is 1.61. The van der Waals surface area contributed by atoms with E-state index in [1.54, 1.807) is 0 Å². The number of carbonyl (C=O) groups is 1. The molecule has 0 aliphatic heterocycles. The van der Waals surface area contributed by atoms with Gasteiger partial charge in [-0.3, -0.25) is 9.59 Å². The molecule has 150 valence electrons. The molecule has 0 unspecified atom stereocenters. The summed E-state index contributed by atoms with van der Waals surface area (Å²) < 4.78 is 5.85. The lowest BCUT2D eigenvalue weighted by atomic mass is 9.86. The first-order valence-corrected chi connectivity index (χ1v) is 10.0. The first-order chi connectivity index (χ1) is 13.5. The lowest BCUT2D eigenvalue weighted by Gasteiger charge is -2.25. The molecule has 28 heavy (non-hydrogen) atoms. The van der Waals surface area contributed by atoms with Crippen molar-refractivity contribution < 1.29 is 9.53 Å². The van der Waals surface area contributed by atoms with Crippen molar-refractivity contribution >= 4 is 5.91 Å². The number of hydrogen-bond donors (Lipinski definition) is 2. The Morgan fingerprint density at radius 2 is 2.18 bits per heavy atom. The van der Waals surface area contributed by atoms with Crippen LogP contribution in [0.4, 0.5) is 0 Å². The Morgan fingerprint density at radius 1 is 1.36 bits per heavy atom. The van der Waals surface area contributed by atoms with Crippen molar-refractivity contribution in [3.05, 3.63) is 40.3 Å². The van der Waals surface area contributed by atoms with E-state index >= 15 is 0 Å². The molecule has 0 radical (unpaired) electrons. The second-order valence-electron chi connectivity index (χ2n) is 7.46. The molecule has 1 atom stereocenters. The number of H-pyrrole nitrogens is 1. The molecule has 1 fully saturated rings. The summed E-state index contributed by atoms with van der Waals surface area (Å²) in [5.41, 5.74) is 0.694. The number of aromatic nitrogens is 3. The molecular formula is C21H28N4O3. The van der Waals surface area contributed by atoms with E-state index in [2.05, 4.69) is 20.5 Å². The van der Waals surface area contributed by atoms with Crippen LogP contribution >= 0.6 is 0 Å². The number of carbonyl (C=O) groups excluding carboxylic acids is 1. The molecule has 0 bridgehead atoms. The van der Waals surface area contributed by atoms with Crippen LogP contribution in [0.5, 0.6) is 5.75 Å². The van der Waals surface area contributed by atoms with Crippen LogP contribution in [-0.2, 0) is 11.2 Å². The van der Waals surface area contributed by atoms with Gasteiger partial charge in [0.2, 0.25) is 5.91 Å². The van der Waals surface area contributed by atoms with Crippen LogP contribution in [0.3, 0.4) is 0 Å². The third-order valence-corrected chi connectivity index (χ3v) is 5.19. The molecule has 1 aliphatic carbocycles. The average molecular weight is 384 g/mol. The summed E-state index contributed by atoms with van der Waals surface area (Å²) in [7, 11) is 0. The van der Waals surface area contributed by atoms with Gasteiger partial charge in [-0.1, -0.05) is 25.5 Å². The zero-order valence-corrected chi connectivity index (χ0v) is 16.5. The third-order valence-electron chi connectivity index (χ3n) is 5.19. The van der Waals surface area contributed by atoms with Crippen LogP contribution in [-0.4, -0.2) is 33.7 Å². The molecule has 0 saturated heterocycles. The van der Waals surface area contributed by atoms with Gasteiger partial charge in [0.25, 0.3) is 5.56 Å². The van der Waals surface area contributed by atoms with Crippen molar-refractivity contribution in [3.63, 3.8) is 0 Å². The fourth-order valence-electron chi connectivity index (χ4n) is 2.94. The molecule has 0 spiro atoms. The minimum atomic E-state index is -0.317. The van der Waals surface area contributed by atoms with Gasteiger partial charge in [0.1, 0.15) is 11.4 Å². The highest BCUT2D eigenvalue weighted by Crippen LogP contribution is 2.28. The Labute approximate surface area is 164 Å². The summed E-state index contributed by atoms with van der Waals surface area (Å²) in [4.78, 5) is 27.0. The van der Waals surface area contributed by atoms with Crippen LogP contribution in [0.25, 0.3) is 11.4 Å². The smallest absolute Gasteiger partial charge is 0.273 e. The minimum Gasteiger partial charge on any atom is -0.493 e. The zero-order valence-electron chi connectivity index (χ0n) is 16.5. The lowest BCUT2D eigenvalue weighted by molar-refractivity contribution is -0.121. The van der Waals surface area contributed by atoms with E-state index in [0.717, 1.165) is 24.3 Å². The summed E-state index contributed by atoms with van der Waals surface area (Å²) in [6.45, 7) is 4.68. The molecule has 7 heteroatoms. The summed E-state index contributed by atoms with van der Waals surface area (Å²) >= 11 is 0. The van der Waals surface area contributed by atoms with Crippen LogP contribution in [0, 0.1) is 5.92 Å². The maximum absolute atomic E-state index is 12.3. The van der Waals surface area contributed by atoms with Crippen molar-refractivity contribution in [1.82, 2.24) is 20.5 Å². The molecule has 1 aliphatic rings. The molecule has 1 saturated carbocycles. The number of nitrogens with one attached hydrogen (secondary N) is 2. The maximum Gasteiger partial charge on any atom is 0.273 e. The predicted octanol–water partition coefficient (Wildman–Crippen LogP) is 2.86. The minimum absolute atomic E-state index is 0.0871. The molecule has 2 aromatic rings. The van der Waals surface area contributed by atoms with Crippen molar-refractivity contribution in [3.8, 4) is 17.1 Å². The molecule has 7 nitrogen and oxygen atoms in total. The second-order valence-corrected chi connectivity index (χ2v) is 7.46. The van der Waals surface area contributed by atoms with Gasteiger partial charge in [-0.15, -0.1) is 10.2 Å². The van der Waals surface area contributed by atoms with Gasteiger partial charge in [0, 0.05) is 24.4 Å². The largest absolute Gasteiger partial charge is 0.493 e. The number of benzene rings is 1. The van der Waals surface area contributed by atoms with Gasteiger partial charge in [-0.25, -0.2) is 0 Å². The molecule has 2 N–H and O–H groups in total. The number of nitrogens with zero attached hydrogens (tertiary/aromatic N) is 2. The topological polar surface area (TPSA) is 97.0 Å². The molecule has 1 heterocycles. The monoisotopic (exact) mass is 384 g/mol. The van der Waals surface area contributed by atoms with Gasteiger partial charge >= 0.3 is 0 Å². The quantitative estimate of drug-likeness (QED) is 0.693. The van der Waals surface area contributed by atoms with Crippen molar-refractivity contribution in [2.24, 2.45) is 5.92 Å². The Kier molecular flexibility index (Phi) is 6.79. The number of amides is 1. The first kappa shape index (κ1) is 20.0. The highest BCUT2D eigenvalue weighted by Gasteiger charge is 2.18. The molecule has 1 aromatic heterocycles. The Morgan fingerprint density at radius 3 is 2.86 bits per heavy atom. The van der Waals surface area contributed by atoms with E-state index in [1.807, 2.05) is 38.1 Å². The lowest BCUT2D eigenvalue weighted by Crippen LogP contribution is -2.32.